The second kappa shape index (κ2) is 10.1. The lowest BCUT2D eigenvalue weighted by Gasteiger charge is -2.15. The van der Waals surface area contributed by atoms with E-state index in [9.17, 15) is 9.59 Å². The lowest BCUT2D eigenvalue weighted by molar-refractivity contribution is -0.144. The van der Waals surface area contributed by atoms with E-state index in [-0.39, 0.29) is 5.91 Å². The molecule has 1 atom stereocenters. The number of anilines is 1. The molecular formula is C21H25N3O5. The normalized spacial score (nSPS) is 11.7. The predicted molar refractivity (Wildman–Crippen MR) is 111 cm³/mol. The highest BCUT2D eigenvalue weighted by Gasteiger charge is 2.15. The van der Waals surface area contributed by atoms with E-state index < -0.39 is 12.1 Å². The largest absolute Gasteiger partial charge is 0.490 e. The summed E-state index contributed by atoms with van der Waals surface area (Å²) in [5.41, 5.74) is 4.55. The zero-order valence-corrected chi connectivity index (χ0v) is 16.9. The van der Waals surface area contributed by atoms with Crippen LogP contribution in [0.1, 0.15) is 29.8 Å². The maximum atomic E-state index is 12.3. The van der Waals surface area contributed by atoms with Gasteiger partial charge in [-0.15, -0.1) is 0 Å². The zero-order valence-electron chi connectivity index (χ0n) is 16.9. The number of rotatable bonds is 9. The number of nitrogens with zero attached hydrogens (tertiary/aromatic N) is 2. The number of carbonyl (C=O) groups excluding carboxylic acids is 1. The second-order valence-corrected chi connectivity index (χ2v) is 6.38. The number of benzene rings is 2. The van der Waals surface area contributed by atoms with E-state index in [1.165, 1.54) is 13.1 Å². The van der Waals surface area contributed by atoms with Gasteiger partial charge in [0.25, 0.3) is 5.91 Å². The fraction of sp³-hybridized carbons (Fsp3) is 0.286. The number of carboxylic acids is 1. The van der Waals surface area contributed by atoms with Gasteiger partial charge < -0.3 is 19.5 Å². The van der Waals surface area contributed by atoms with Crippen LogP contribution in [0.4, 0.5) is 5.69 Å². The lowest BCUT2D eigenvalue weighted by Crippen LogP contribution is -2.23. The molecule has 8 nitrogen and oxygen atoms in total. The minimum Gasteiger partial charge on any atom is -0.490 e. The highest BCUT2D eigenvalue weighted by molar-refractivity contribution is 5.95. The third-order valence-corrected chi connectivity index (χ3v) is 3.92. The second-order valence-electron chi connectivity index (χ2n) is 6.38. The molecule has 0 heterocycles. The number of carbonyl (C=O) groups is 2. The third-order valence-electron chi connectivity index (χ3n) is 3.92. The van der Waals surface area contributed by atoms with Crippen molar-refractivity contribution in [2.45, 2.75) is 20.0 Å². The molecule has 8 heteroatoms. The summed E-state index contributed by atoms with van der Waals surface area (Å²) in [5, 5.41) is 13.0. The average molecular weight is 399 g/mol. The Bertz CT molecular complexity index is 896. The van der Waals surface area contributed by atoms with Gasteiger partial charge in [0, 0.05) is 25.3 Å². The Balaban J connectivity index is 2.09. The van der Waals surface area contributed by atoms with Gasteiger partial charge in [0.05, 0.1) is 12.8 Å². The molecule has 2 aromatic carbocycles. The molecule has 0 aliphatic rings. The van der Waals surface area contributed by atoms with Crippen LogP contribution >= 0.6 is 0 Å². The van der Waals surface area contributed by atoms with Crippen LogP contribution in [-0.4, -0.2) is 50.0 Å². The first kappa shape index (κ1) is 21.7. The summed E-state index contributed by atoms with van der Waals surface area (Å²) in [4.78, 5) is 25.2. The first-order valence-corrected chi connectivity index (χ1v) is 9.09. The van der Waals surface area contributed by atoms with Gasteiger partial charge in [0.2, 0.25) is 0 Å². The Morgan fingerprint density at radius 3 is 2.62 bits per heavy atom. The van der Waals surface area contributed by atoms with E-state index in [0.29, 0.717) is 29.2 Å². The predicted octanol–water partition coefficient (Wildman–Crippen LogP) is 2.77. The van der Waals surface area contributed by atoms with Crippen molar-refractivity contribution in [2.75, 3.05) is 25.6 Å². The van der Waals surface area contributed by atoms with Crippen molar-refractivity contribution >= 4 is 23.8 Å². The van der Waals surface area contributed by atoms with Crippen LogP contribution in [0.25, 0.3) is 0 Å². The average Bonchev–Trinajstić information content (AvgIpc) is 2.69. The molecule has 0 saturated carbocycles. The van der Waals surface area contributed by atoms with Crippen LogP contribution in [0, 0.1) is 0 Å². The van der Waals surface area contributed by atoms with Crippen molar-refractivity contribution in [3.8, 4) is 11.5 Å². The van der Waals surface area contributed by atoms with Crippen LogP contribution in [0.3, 0.4) is 0 Å². The van der Waals surface area contributed by atoms with Crippen LogP contribution in [0.5, 0.6) is 11.5 Å². The molecule has 1 unspecified atom stereocenters. The van der Waals surface area contributed by atoms with Crippen molar-refractivity contribution in [1.82, 2.24) is 5.43 Å². The molecule has 2 rings (SSSR count). The van der Waals surface area contributed by atoms with Gasteiger partial charge in [-0.2, -0.15) is 5.10 Å². The molecule has 2 aromatic rings. The topological polar surface area (TPSA) is 100 Å². The third kappa shape index (κ3) is 6.24. The minimum atomic E-state index is -1.07. The van der Waals surface area contributed by atoms with Gasteiger partial charge in [-0.1, -0.05) is 6.07 Å². The molecule has 1 amide bonds. The summed E-state index contributed by atoms with van der Waals surface area (Å²) in [6.07, 6.45) is 0.464. The molecule has 0 spiro atoms. The summed E-state index contributed by atoms with van der Waals surface area (Å²) in [5.74, 6) is -0.678. The van der Waals surface area contributed by atoms with Crippen molar-refractivity contribution in [2.24, 2.45) is 5.10 Å². The maximum absolute atomic E-state index is 12.3. The van der Waals surface area contributed by atoms with Crippen LogP contribution in [0.2, 0.25) is 0 Å². The smallest absolute Gasteiger partial charge is 0.344 e. The Labute approximate surface area is 169 Å². The van der Waals surface area contributed by atoms with Crippen molar-refractivity contribution in [3.05, 3.63) is 53.6 Å². The first-order valence-electron chi connectivity index (χ1n) is 9.09. The number of carboxylic acid groups (broad SMARTS) is 1. The highest BCUT2D eigenvalue weighted by atomic mass is 16.5. The highest BCUT2D eigenvalue weighted by Crippen LogP contribution is 2.29. The number of amides is 1. The maximum Gasteiger partial charge on any atom is 0.344 e. The monoisotopic (exact) mass is 399 g/mol. The SMILES string of the molecule is CCOc1cc(C=NNC(=O)c2cccc(N(C)C)c2)ccc1OC(C)C(=O)O. The first-order chi connectivity index (χ1) is 13.8. The van der Waals surface area contributed by atoms with E-state index in [2.05, 4.69) is 10.5 Å². The lowest BCUT2D eigenvalue weighted by atomic mass is 10.2. The molecule has 0 bridgehead atoms. The fourth-order valence-corrected chi connectivity index (χ4v) is 2.37. The van der Waals surface area contributed by atoms with Gasteiger partial charge in [0.1, 0.15) is 0 Å². The van der Waals surface area contributed by atoms with Gasteiger partial charge in [0.15, 0.2) is 17.6 Å². The van der Waals surface area contributed by atoms with Crippen LogP contribution < -0.4 is 19.8 Å². The van der Waals surface area contributed by atoms with E-state index in [4.69, 9.17) is 14.6 Å². The molecule has 0 saturated heterocycles. The minimum absolute atomic E-state index is 0.323. The molecule has 0 aliphatic heterocycles. The summed E-state index contributed by atoms with van der Waals surface area (Å²) >= 11 is 0. The van der Waals surface area contributed by atoms with E-state index in [0.717, 1.165) is 5.69 Å². The van der Waals surface area contributed by atoms with Crippen LogP contribution in [0.15, 0.2) is 47.6 Å². The van der Waals surface area contributed by atoms with E-state index in [1.807, 2.05) is 32.0 Å². The number of nitrogens with one attached hydrogen (secondary N) is 1. The molecule has 154 valence electrons. The quantitative estimate of drug-likeness (QED) is 0.497. The van der Waals surface area contributed by atoms with Crippen molar-refractivity contribution in [3.63, 3.8) is 0 Å². The number of ether oxygens (including phenoxy) is 2. The Kier molecular flexibility index (Phi) is 7.59. The summed E-state index contributed by atoms with van der Waals surface area (Å²) in [7, 11) is 3.80. The van der Waals surface area contributed by atoms with Crippen molar-refractivity contribution < 1.29 is 24.2 Å². The molecule has 0 fully saturated rings. The van der Waals surface area contributed by atoms with Crippen molar-refractivity contribution in [1.29, 1.82) is 0 Å². The van der Waals surface area contributed by atoms with E-state index >= 15 is 0 Å². The van der Waals surface area contributed by atoms with Gasteiger partial charge in [-0.25, -0.2) is 10.2 Å². The van der Waals surface area contributed by atoms with Gasteiger partial charge in [-0.05, 0) is 55.8 Å². The standard InChI is InChI=1S/C21H25N3O5/c1-5-28-19-11-15(9-10-18(19)29-14(2)21(26)27)13-22-23-20(25)16-7-6-8-17(12-16)24(3)4/h6-14H,5H2,1-4H3,(H,23,25)(H,26,27). The summed E-state index contributed by atoms with van der Waals surface area (Å²) < 4.78 is 10.9. The molecule has 29 heavy (non-hydrogen) atoms. The summed E-state index contributed by atoms with van der Waals surface area (Å²) in [6.45, 7) is 3.64. The molecule has 0 aliphatic carbocycles. The van der Waals surface area contributed by atoms with Crippen LogP contribution in [-0.2, 0) is 4.79 Å². The molecular weight excluding hydrogens is 374 g/mol. The molecule has 0 aromatic heterocycles. The van der Waals surface area contributed by atoms with E-state index in [1.54, 1.807) is 36.4 Å². The van der Waals surface area contributed by atoms with Gasteiger partial charge in [-0.3, -0.25) is 4.79 Å². The van der Waals surface area contributed by atoms with Gasteiger partial charge >= 0.3 is 5.97 Å². The Hall–Kier alpha value is -3.55. The molecule has 2 N–H and O–H groups in total. The Morgan fingerprint density at radius 2 is 1.97 bits per heavy atom. The fourth-order valence-electron chi connectivity index (χ4n) is 2.37. The summed E-state index contributed by atoms with van der Waals surface area (Å²) in [6, 6.07) is 12.1. The Morgan fingerprint density at radius 1 is 1.21 bits per heavy atom. The zero-order chi connectivity index (χ0) is 21.4. The number of aliphatic carboxylic acids is 1. The molecule has 0 radical (unpaired) electrons. The number of hydrogen-bond acceptors (Lipinski definition) is 6. The number of hydrazone groups is 1. The number of hydrogen-bond donors (Lipinski definition) is 2.